The number of rotatable bonds is 2. The van der Waals surface area contributed by atoms with E-state index in [4.69, 9.17) is 0 Å². The van der Waals surface area contributed by atoms with Crippen LogP contribution in [0.5, 0.6) is 0 Å². The molecule has 0 radical (unpaired) electrons. The van der Waals surface area contributed by atoms with Gasteiger partial charge in [-0.15, -0.1) is 4.91 Å². The molecule has 0 aromatic rings. The average Bonchev–Trinajstić information content (AvgIpc) is 1.85. The first kappa shape index (κ1) is 8.74. The van der Waals surface area contributed by atoms with Gasteiger partial charge in [0.25, 0.3) is 0 Å². The summed E-state index contributed by atoms with van der Waals surface area (Å²) in [6.45, 7) is 2.65. The Morgan fingerprint density at radius 3 is 2.30 bits per heavy atom. The van der Waals surface area contributed by atoms with Crippen LogP contribution in [-0.4, -0.2) is 17.9 Å². The Hall–Kier alpha value is -1.26. The third-order valence-electron chi connectivity index (χ3n) is 0.880. The molecule has 56 valence electrons. The Labute approximate surface area is 57.8 Å². The fourth-order valence-electron chi connectivity index (χ4n) is 0.446. The Morgan fingerprint density at radius 1 is 1.50 bits per heavy atom. The van der Waals surface area contributed by atoms with Gasteiger partial charge in [0, 0.05) is 12.1 Å². The minimum atomic E-state index is -0.866. The molecule has 0 heterocycles. The fourth-order valence-corrected chi connectivity index (χ4v) is 0.446. The van der Waals surface area contributed by atoms with Gasteiger partial charge in [0.2, 0.25) is 5.91 Å². The highest BCUT2D eigenvalue weighted by Gasteiger charge is 2.12. The first-order valence-electron chi connectivity index (χ1n) is 2.72. The van der Waals surface area contributed by atoms with Crippen molar-refractivity contribution in [3.63, 3.8) is 0 Å². The van der Waals surface area contributed by atoms with Crippen molar-refractivity contribution in [2.75, 3.05) is 0 Å². The molecular weight excluding hydrogens is 136 g/mol. The molecule has 0 bridgehead atoms. The zero-order valence-electron chi connectivity index (χ0n) is 5.75. The maximum absolute atomic E-state index is 10.4. The van der Waals surface area contributed by atoms with Gasteiger partial charge in [-0.1, -0.05) is 0 Å². The van der Waals surface area contributed by atoms with E-state index in [9.17, 15) is 14.5 Å². The maximum atomic E-state index is 10.4. The Balaban J connectivity index is 3.84. The molecule has 0 aliphatic rings. The highest BCUT2D eigenvalue weighted by molar-refractivity contribution is 5.86. The van der Waals surface area contributed by atoms with Crippen molar-refractivity contribution < 1.29 is 9.59 Å². The van der Waals surface area contributed by atoms with Crippen molar-refractivity contribution in [1.82, 2.24) is 5.32 Å². The van der Waals surface area contributed by atoms with E-state index in [-0.39, 0.29) is 5.91 Å². The Morgan fingerprint density at radius 2 is 2.00 bits per heavy atom. The summed E-state index contributed by atoms with van der Waals surface area (Å²) in [4.78, 5) is 30.2. The van der Waals surface area contributed by atoms with E-state index in [1.54, 1.807) is 0 Å². The molecule has 0 spiro atoms. The number of carbonyl (C=O) groups is 2. The van der Waals surface area contributed by atoms with Crippen molar-refractivity contribution in [3.05, 3.63) is 4.91 Å². The highest BCUT2D eigenvalue weighted by Crippen LogP contribution is 1.84. The lowest BCUT2D eigenvalue weighted by atomic mass is 10.3. The van der Waals surface area contributed by atoms with Crippen LogP contribution in [0.2, 0.25) is 0 Å². The second-order valence-electron chi connectivity index (χ2n) is 1.85. The van der Waals surface area contributed by atoms with E-state index in [1.165, 1.54) is 13.8 Å². The fraction of sp³-hybridized carbons (Fsp3) is 0.600. The molecule has 0 saturated carbocycles. The van der Waals surface area contributed by atoms with Gasteiger partial charge < -0.3 is 5.32 Å². The molecule has 1 atom stereocenters. The maximum Gasteiger partial charge on any atom is 0.308 e. The number of nitrogens with zero attached hydrogens (tertiary/aromatic N) is 1. The Bertz CT molecular complexity index is 166. The van der Waals surface area contributed by atoms with E-state index in [0.717, 1.165) is 0 Å². The van der Waals surface area contributed by atoms with Crippen molar-refractivity contribution >= 4 is 11.8 Å². The third kappa shape index (κ3) is 2.91. The van der Waals surface area contributed by atoms with Crippen LogP contribution in [0.25, 0.3) is 0 Å². The molecule has 0 aliphatic carbocycles. The molecule has 0 rings (SSSR count). The molecule has 0 aromatic carbocycles. The summed E-state index contributed by atoms with van der Waals surface area (Å²) in [5.41, 5.74) is 0. The molecule has 0 aliphatic heterocycles. The summed E-state index contributed by atoms with van der Waals surface area (Å²) in [5, 5.41) is 4.35. The minimum absolute atomic E-state index is 0.357. The van der Waals surface area contributed by atoms with Crippen LogP contribution in [0.1, 0.15) is 13.8 Å². The normalized spacial score (nSPS) is 11.8. The van der Waals surface area contributed by atoms with Crippen LogP contribution in [0.3, 0.4) is 0 Å². The lowest BCUT2D eigenvalue weighted by molar-refractivity contribution is -0.125. The zero-order valence-corrected chi connectivity index (χ0v) is 5.75. The molecule has 10 heavy (non-hydrogen) atoms. The van der Waals surface area contributed by atoms with Crippen LogP contribution in [0, 0.1) is 4.91 Å². The molecule has 5 nitrogen and oxygen atoms in total. The van der Waals surface area contributed by atoms with Crippen molar-refractivity contribution in [3.8, 4) is 0 Å². The second kappa shape index (κ2) is 3.71. The number of hydrogen-bond donors (Lipinski definition) is 1. The second-order valence-corrected chi connectivity index (χ2v) is 1.85. The van der Waals surface area contributed by atoms with Gasteiger partial charge in [-0.05, 0) is 6.92 Å². The summed E-state index contributed by atoms with van der Waals surface area (Å²) in [6.07, 6.45) is 0. The van der Waals surface area contributed by atoms with E-state index in [0.29, 0.717) is 0 Å². The smallest absolute Gasteiger partial charge is 0.308 e. The molecule has 0 fully saturated rings. The summed E-state index contributed by atoms with van der Waals surface area (Å²) in [5.74, 6) is -1.22. The van der Waals surface area contributed by atoms with Gasteiger partial charge in [-0.3, -0.25) is 9.59 Å². The molecule has 0 aromatic heterocycles. The molecular formula is C5H8N2O3. The number of amides is 2. The van der Waals surface area contributed by atoms with E-state index < -0.39 is 11.9 Å². The molecule has 0 unspecified atom stereocenters. The van der Waals surface area contributed by atoms with Gasteiger partial charge in [-0.25, -0.2) is 0 Å². The zero-order chi connectivity index (χ0) is 8.15. The Kier molecular flexibility index (Phi) is 3.24. The number of carbonyl (C=O) groups excluding carboxylic acids is 2. The van der Waals surface area contributed by atoms with E-state index in [2.05, 4.69) is 10.5 Å². The number of nitrogens with one attached hydrogen (secondary N) is 1. The van der Waals surface area contributed by atoms with Crippen LogP contribution in [0.4, 0.5) is 0 Å². The predicted octanol–water partition coefficient (Wildman–Crippen LogP) is -0.196. The monoisotopic (exact) mass is 144 g/mol. The molecule has 0 saturated heterocycles. The highest BCUT2D eigenvalue weighted by atomic mass is 16.3. The van der Waals surface area contributed by atoms with Gasteiger partial charge in [0.05, 0.1) is 0 Å². The van der Waals surface area contributed by atoms with Gasteiger partial charge in [0.1, 0.15) is 6.04 Å². The van der Waals surface area contributed by atoms with Crippen LogP contribution in [-0.2, 0) is 9.59 Å². The summed E-state index contributed by atoms with van der Waals surface area (Å²) in [6, 6.07) is -0.810. The summed E-state index contributed by atoms with van der Waals surface area (Å²) in [7, 11) is 0. The largest absolute Gasteiger partial charge is 0.345 e. The van der Waals surface area contributed by atoms with Crippen molar-refractivity contribution in [1.29, 1.82) is 0 Å². The van der Waals surface area contributed by atoms with Crippen LogP contribution in [0.15, 0.2) is 5.18 Å². The number of nitroso groups, excluding NO2 is 1. The van der Waals surface area contributed by atoms with Crippen LogP contribution < -0.4 is 5.32 Å². The van der Waals surface area contributed by atoms with Gasteiger partial charge in [-0.2, -0.15) is 0 Å². The van der Waals surface area contributed by atoms with E-state index in [1.807, 2.05) is 0 Å². The van der Waals surface area contributed by atoms with Crippen LogP contribution >= 0.6 is 0 Å². The quantitative estimate of drug-likeness (QED) is 0.545. The summed E-state index contributed by atoms with van der Waals surface area (Å²) >= 11 is 0. The molecule has 5 heteroatoms. The average molecular weight is 144 g/mol. The SMILES string of the molecule is CC(=O)N[C@@H](C)C(=O)N=O. The third-order valence-corrected chi connectivity index (χ3v) is 0.880. The molecule has 1 N–H and O–H groups in total. The summed E-state index contributed by atoms with van der Waals surface area (Å²) < 4.78 is 0. The number of hydrogen-bond acceptors (Lipinski definition) is 3. The molecule has 2 amide bonds. The van der Waals surface area contributed by atoms with Crippen molar-refractivity contribution in [2.24, 2.45) is 5.18 Å². The first-order valence-corrected chi connectivity index (χ1v) is 2.72. The lowest BCUT2D eigenvalue weighted by Crippen LogP contribution is -2.35. The predicted molar refractivity (Wildman–Crippen MR) is 34.1 cm³/mol. The minimum Gasteiger partial charge on any atom is -0.345 e. The first-order chi connectivity index (χ1) is 4.57. The van der Waals surface area contributed by atoms with E-state index >= 15 is 0 Å². The topological polar surface area (TPSA) is 75.6 Å². The van der Waals surface area contributed by atoms with Gasteiger partial charge in [0.15, 0.2) is 0 Å². The van der Waals surface area contributed by atoms with Gasteiger partial charge >= 0.3 is 5.91 Å². The lowest BCUT2D eigenvalue weighted by Gasteiger charge is -2.04. The van der Waals surface area contributed by atoms with Crippen molar-refractivity contribution in [2.45, 2.75) is 19.9 Å². The standard InChI is InChI=1S/C5H8N2O3/c1-3(5(9)7-10)6-4(2)8/h3H,1-2H3,(H,6,8)/t3-/m0/s1.